The van der Waals surface area contributed by atoms with Crippen LogP contribution < -0.4 is 5.32 Å². The van der Waals surface area contributed by atoms with Crippen LogP contribution in [0.3, 0.4) is 0 Å². The lowest BCUT2D eigenvalue weighted by Gasteiger charge is -2.44. The molecule has 47 heavy (non-hydrogen) atoms. The Balaban J connectivity index is 2.90. The molecule has 1 fully saturated rings. The van der Waals surface area contributed by atoms with Gasteiger partial charge < -0.3 is 29.4 Å². The molecule has 0 spiro atoms. The van der Waals surface area contributed by atoms with E-state index in [9.17, 15) is 19.5 Å². The topological polar surface area (TPSA) is 120 Å². The van der Waals surface area contributed by atoms with E-state index in [1.807, 2.05) is 13.8 Å². The van der Waals surface area contributed by atoms with Gasteiger partial charge in [0.2, 0.25) is 11.7 Å². The van der Waals surface area contributed by atoms with Crippen LogP contribution in [0.4, 0.5) is 0 Å². The lowest BCUT2D eigenvalue weighted by Crippen LogP contribution is -2.66. The fraction of sp³-hybridized carbons (Fsp3) is 0.553. The van der Waals surface area contributed by atoms with Crippen molar-refractivity contribution < 1.29 is 38.4 Å². The SMILES string of the molecule is C#CC#CC#CC#CC#CC#CC#CC(=O)CC(=O)N[C@H]1C(O)O[C@H](COC(C)C)[C@@H](OC(C)=O)[C@@H]1OCCCCCCCCCC. The number of Topliss-reactive ketones (excluding diaryl/α,β-unsaturated/α-hetero) is 1. The van der Waals surface area contributed by atoms with E-state index in [1.165, 1.54) is 32.6 Å². The third-order valence-electron chi connectivity index (χ3n) is 6.42. The molecule has 0 aromatic rings. The maximum absolute atomic E-state index is 12.8. The number of aliphatic hydroxyl groups excluding tert-OH is 1. The molecule has 5 atom stereocenters. The van der Waals surface area contributed by atoms with Gasteiger partial charge in [-0.25, -0.2) is 0 Å². The Morgan fingerprint density at radius 1 is 0.830 bits per heavy atom. The Morgan fingerprint density at radius 3 is 1.94 bits per heavy atom. The summed E-state index contributed by atoms with van der Waals surface area (Å²) in [4.78, 5) is 37.2. The van der Waals surface area contributed by atoms with Crippen LogP contribution in [0.15, 0.2) is 0 Å². The number of esters is 1. The molecular formula is C38H43NO8. The van der Waals surface area contributed by atoms with Crippen molar-refractivity contribution in [3.05, 3.63) is 0 Å². The maximum Gasteiger partial charge on any atom is 0.303 e. The number of aliphatic hydroxyl groups is 1. The predicted molar refractivity (Wildman–Crippen MR) is 177 cm³/mol. The summed E-state index contributed by atoms with van der Waals surface area (Å²) in [5.41, 5.74) is 0. The Kier molecular flexibility index (Phi) is 22.0. The summed E-state index contributed by atoms with van der Waals surface area (Å²) in [7, 11) is 0. The molecule has 1 aliphatic heterocycles. The highest BCUT2D eigenvalue weighted by Gasteiger charge is 2.49. The summed E-state index contributed by atoms with van der Waals surface area (Å²) in [5.74, 6) is 28.8. The van der Waals surface area contributed by atoms with Crippen LogP contribution in [0.1, 0.15) is 85.5 Å². The van der Waals surface area contributed by atoms with Crippen LogP contribution in [-0.4, -0.2) is 72.7 Å². The van der Waals surface area contributed by atoms with Crippen molar-refractivity contribution in [2.45, 2.75) is 122 Å². The number of rotatable bonds is 17. The van der Waals surface area contributed by atoms with E-state index in [4.69, 9.17) is 25.4 Å². The van der Waals surface area contributed by atoms with Crippen LogP contribution in [0.25, 0.3) is 0 Å². The quantitative estimate of drug-likeness (QED) is 0.0819. The first-order chi connectivity index (χ1) is 22.7. The van der Waals surface area contributed by atoms with Crippen LogP contribution in [0, 0.1) is 83.4 Å². The molecule has 1 aliphatic rings. The highest BCUT2D eigenvalue weighted by molar-refractivity contribution is 6.07. The third kappa shape index (κ3) is 19.5. The zero-order valence-corrected chi connectivity index (χ0v) is 27.6. The average molecular weight is 642 g/mol. The maximum atomic E-state index is 12.8. The number of carbonyl (C=O) groups excluding carboxylic acids is 3. The zero-order valence-electron chi connectivity index (χ0n) is 27.6. The van der Waals surface area contributed by atoms with Crippen molar-refractivity contribution in [3.63, 3.8) is 0 Å². The van der Waals surface area contributed by atoms with E-state index in [0.29, 0.717) is 6.61 Å². The van der Waals surface area contributed by atoms with Crippen molar-refractivity contribution in [1.29, 1.82) is 0 Å². The van der Waals surface area contributed by atoms with Crippen molar-refractivity contribution in [2.75, 3.05) is 13.2 Å². The third-order valence-corrected chi connectivity index (χ3v) is 6.42. The predicted octanol–water partition coefficient (Wildman–Crippen LogP) is 2.68. The molecule has 9 nitrogen and oxygen atoms in total. The summed E-state index contributed by atoms with van der Waals surface area (Å²) in [5, 5.41) is 13.5. The molecule has 0 radical (unpaired) electrons. The first kappa shape index (κ1) is 40.4. The average Bonchev–Trinajstić information content (AvgIpc) is 3.02. The summed E-state index contributed by atoms with van der Waals surface area (Å²) in [6.07, 6.45) is 8.63. The summed E-state index contributed by atoms with van der Waals surface area (Å²) in [6, 6.07) is -1.14. The smallest absolute Gasteiger partial charge is 0.303 e. The number of carbonyl (C=O) groups is 3. The Labute approximate surface area is 280 Å². The van der Waals surface area contributed by atoms with Gasteiger partial charge in [-0.15, -0.1) is 6.42 Å². The van der Waals surface area contributed by atoms with Gasteiger partial charge in [0, 0.05) is 13.5 Å². The van der Waals surface area contributed by atoms with Crippen molar-refractivity contribution >= 4 is 17.7 Å². The molecule has 0 aromatic carbocycles. The second-order valence-corrected chi connectivity index (χ2v) is 10.7. The molecule has 0 saturated carbocycles. The molecule has 0 bridgehead atoms. The lowest BCUT2D eigenvalue weighted by atomic mass is 9.96. The number of ether oxygens (including phenoxy) is 4. The molecular weight excluding hydrogens is 598 g/mol. The van der Waals surface area contributed by atoms with Gasteiger partial charge in [-0.2, -0.15) is 0 Å². The number of unbranched alkanes of at least 4 members (excludes halogenated alkanes) is 7. The largest absolute Gasteiger partial charge is 0.457 e. The van der Waals surface area contributed by atoms with Gasteiger partial charge >= 0.3 is 5.97 Å². The molecule has 1 rings (SSSR count). The Bertz CT molecular complexity index is 1450. The first-order valence-electron chi connectivity index (χ1n) is 15.7. The highest BCUT2D eigenvalue weighted by atomic mass is 16.7. The minimum Gasteiger partial charge on any atom is -0.457 e. The van der Waals surface area contributed by atoms with Gasteiger partial charge in [0.05, 0.1) is 19.1 Å². The number of ketones is 1. The van der Waals surface area contributed by atoms with Gasteiger partial charge in [0.15, 0.2) is 12.4 Å². The molecule has 1 saturated heterocycles. The Morgan fingerprint density at radius 2 is 1.38 bits per heavy atom. The highest BCUT2D eigenvalue weighted by Crippen LogP contribution is 2.26. The van der Waals surface area contributed by atoms with E-state index < -0.39 is 54.7 Å². The minimum absolute atomic E-state index is 0.0213. The van der Waals surface area contributed by atoms with Gasteiger partial charge in [0.25, 0.3) is 0 Å². The molecule has 1 unspecified atom stereocenters. The summed E-state index contributed by atoms with van der Waals surface area (Å²) in [6.45, 7) is 7.44. The van der Waals surface area contributed by atoms with E-state index >= 15 is 0 Å². The second-order valence-electron chi connectivity index (χ2n) is 10.7. The Hall–Kier alpha value is -4.63. The molecule has 9 heteroatoms. The number of terminal acetylenes is 1. The zero-order chi connectivity index (χ0) is 34.7. The second kappa shape index (κ2) is 25.5. The van der Waals surface area contributed by atoms with Gasteiger partial charge in [-0.1, -0.05) is 51.9 Å². The van der Waals surface area contributed by atoms with E-state index in [1.54, 1.807) is 0 Å². The standard InChI is InChI=1S/C38H43NO8/c1-6-8-10-12-14-16-17-18-19-20-22-24-26-32(41)28-34(42)39-35-37(44-27-25-23-21-15-13-11-9-7-2)36(46-31(5)40)33(47-38(35)43)29-45-30(3)4/h1,30,33,35-38,43H,7,9,11,13,15,21,23,25,27-29H2,2-5H3,(H,39,42)/t33-,35-,36-,37-,38?/m1/s1. The van der Waals surface area contributed by atoms with Crippen LogP contribution in [-0.2, 0) is 33.3 Å². The van der Waals surface area contributed by atoms with Crippen LogP contribution in [0.5, 0.6) is 0 Å². The molecule has 0 aliphatic carbocycles. The fourth-order valence-electron chi connectivity index (χ4n) is 4.33. The molecule has 1 amide bonds. The molecule has 248 valence electrons. The van der Waals surface area contributed by atoms with Gasteiger partial charge in [-0.05, 0) is 97.2 Å². The van der Waals surface area contributed by atoms with Crippen LogP contribution in [0.2, 0.25) is 0 Å². The van der Waals surface area contributed by atoms with E-state index in [-0.39, 0.29) is 12.7 Å². The molecule has 2 N–H and O–H groups in total. The van der Waals surface area contributed by atoms with Crippen LogP contribution >= 0.6 is 0 Å². The van der Waals surface area contributed by atoms with E-state index in [2.05, 4.69) is 89.2 Å². The summed E-state index contributed by atoms with van der Waals surface area (Å²) < 4.78 is 23.1. The molecule has 1 heterocycles. The number of hydrogen-bond donors (Lipinski definition) is 2. The van der Waals surface area contributed by atoms with Crippen molar-refractivity contribution in [2.24, 2.45) is 0 Å². The van der Waals surface area contributed by atoms with Crippen molar-refractivity contribution in [3.8, 4) is 83.4 Å². The number of amides is 1. The number of hydrogen-bond acceptors (Lipinski definition) is 8. The summed E-state index contributed by atoms with van der Waals surface area (Å²) >= 11 is 0. The first-order valence-corrected chi connectivity index (χ1v) is 15.7. The molecule has 0 aromatic heterocycles. The lowest BCUT2D eigenvalue weighted by molar-refractivity contribution is -0.270. The van der Waals surface area contributed by atoms with Gasteiger partial charge in [-0.3, -0.25) is 14.4 Å². The van der Waals surface area contributed by atoms with E-state index in [0.717, 1.165) is 25.7 Å². The fourth-order valence-corrected chi connectivity index (χ4v) is 4.33. The number of nitrogens with one attached hydrogen (secondary N) is 1. The monoisotopic (exact) mass is 641 g/mol. The normalized spacial score (nSPS) is 19.0. The minimum atomic E-state index is -1.52. The van der Waals surface area contributed by atoms with Gasteiger partial charge in [0.1, 0.15) is 18.2 Å². The van der Waals surface area contributed by atoms with Crippen molar-refractivity contribution in [1.82, 2.24) is 5.32 Å².